The van der Waals surface area contributed by atoms with Crippen molar-refractivity contribution in [3.8, 4) is 0 Å². The van der Waals surface area contributed by atoms with Gasteiger partial charge < -0.3 is 20.5 Å². The molecule has 34 heavy (non-hydrogen) atoms. The van der Waals surface area contributed by atoms with Crippen LogP contribution in [0.25, 0.3) is 0 Å². The van der Waals surface area contributed by atoms with Gasteiger partial charge in [-0.15, -0.1) is 0 Å². The van der Waals surface area contributed by atoms with E-state index >= 15 is 0 Å². The number of aromatic nitrogens is 1. The van der Waals surface area contributed by atoms with Crippen molar-refractivity contribution < 1.29 is 29.2 Å². The molecule has 3 rings (SSSR count). The fraction of sp³-hybridized carbons (Fsp3) is 0.217. The van der Waals surface area contributed by atoms with Crippen LogP contribution in [0.2, 0.25) is 0 Å². The number of nitrogens with zero attached hydrogens (tertiary/aromatic N) is 2. The Morgan fingerprint density at radius 1 is 1.18 bits per heavy atom. The van der Waals surface area contributed by atoms with Gasteiger partial charge in [-0.1, -0.05) is 12.1 Å². The van der Waals surface area contributed by atoms with Gasteiger partial charge in [0.05, 0.1) is 34.1 Å². The standard InChI is InChI=1S/C23H22N4O7/c1-13-18(22(29)30)20(15-5-3-7-17(11-15)27(32)33)19(14(2)26-13)23(31)34-10-9-25-21(28)16-6-4-8-24-12-16/h3-8,11-12,20,26H,9-10H2,1-2H3,(H,25,28)(H,29,30). The fourth-order valence-corrected chi connectivity index (χ4v) is 3.68. The van der Waals surface area contributed by atoms with E-state index < -0.39 is 22.8 Å². The van der Waals surface area contributed by atoms with Gasteiger partial charge >= 0.3 is 11.9 Å². The number of hydrogen-bond donors (Lipinski definition) is 3. The largest absolute Gasteiger partial charge is 0.478 e. The SMILES string of the molecule is CC1=C(C(=O)O)C(c2cccc([N+](=O)[O-])c2)C(C(=O)OCCNC(=O)c2cccnc2)=C(C)N1. The number of nitrogens with one attached hydrogen (secondary N) is 2. The molecule has 1 aliphatic heterocycles. The number of carbonyl (C=O) groups excluding carboxylic acids is 2. The van der Waals surface area contributed by atoms with Gasteiger partial charge in [-0.05, 0) is 31.5 Å². The second kappa shape index (κ2) is 10.4. The number of esters is 1. The summed E-state index contributed by atoms with van der Waals surface area (Å²) in [7, 11) is 0. The lowest BCUT2D eigenvalue weighted by Gasteiger charge is -2.29. The quantitative estimate of drug-likeness (QED) is 0.229. The summed E-state index contributed by atoms with van der Waals surface area (Å²) in [6.07, 6.45) is 2.93. The zero-order valence-electron chi connectivity index (χ0n) is 18.4. The van der Waals surface area contributed by atoms with Gasteiger partial charge in [-0.3, -0.25) is 19.9 Å². The zero-order chi connectivity index (χ0) is 24.8. The maximum absolute atomic E-state index is 13.0. The number of aliphatic carboxylic acids is 1. The monoisotopic (exact) mass is 466 g/mol. The number of dihydropyridines is 1. The topological polar surface area (TPSA) is 161 Å². The second-order valence-electron chi connectivity index (χ2n) is 7.43. The summed E-state index contributed by atoms with van der Waals surface area (Å²) in [4.78, 5) is 51.7. The first-order chi connectivity index (χ1) is 16.2. The Labute approximate surface area is 194 Å². The van der Waals surface area contributed by atoms with Crippen LogP contribution in [-0.4, -0.2) is 46.0 Å². The number of carboxylic acid groups (broad SMARTS) is 1. The molecule has 2 heterocycles. The number of benzene rings is 1. The molecule has 0 saturated carbocycles. The predicted molar refractivity (Wildman–Crippen MR) is 120 cm³/mol. The molecule has 1 atom stereocenters. The van der Waals surface area contributed by atoms with Gasteiger partial charge in [0.25, 0.3) is 11.6 Å². The number of hydrogen-bond acceptors (Lipinski definition) is 8. The van der Waals surface area contributed by atoms with Crippen molar-refractivity contribution in [2.24, 2.45) is 0 Å². The number of carboxylic acids is 1. The summed E-state index contributed by atoms with van der Waals surface area (Å²) >= 11 is 0. The number of nitro groups is 1. The van der Waals surface area contributed by atoms with Gasteiger partial charge in [-0.2, -0.15) is 0 Å². The van der Waals surface area contributed by atoms with Crippen LogP contribution in [0.1, 0.15) is 35.7 Å². The molecule has 0 saturated heterocycles. The summed E-state index contributed by atoms with van der Waals surface area (Å²) in [5, 5.41) is 26.6. The van der Waals surface area contributed by atoms with Crippen LogP contribution in [0.4, 0.5) is 5.69 Å². The Balaban J connectivity index is 1.81. The van der Waals surface area contributed by atoms with Gasteiger partial charge in [-0.25, -0.2) is 9.59 Å². The number of non-ortho nitro benzene ring substituents is 1. The van der Waals surface area contributed by atoms with Gasteiger partial charge in [0.15, 0.2) is 0 Å². The van der Waals surface area contributed by atoms with Crippen LogP contribution in [0.3, 0.4) is 0 Å². The Morgan fingerprint density at radius 3 is 2.56 bits per heavy atom. The molecular weight excluding hydrogens is 444 g/mol. The highest BCUT2D eigenvalue weighted by atomic mass is 16.6. The number of carbonyl (C=O) groups is 3. The Morgan fingerprint density at radius 2 is 1.91 bits per heavy atom. The summed E-state index contributed by atoms with van der Waals surface area (Å²) in [5.74, 6) is -3.55. The number of amides is 1. The van der Waals surface area contributed by atoms with Crippen molar-refractivity contribution in [3.05, 3.63) is 92.6 Å². The molecule has 0 spiro atoms. The van der Waals surface area contributed by atoms with Gasteiger partial charge in [0.1, 0.15) is 6.61 Å². The van der Waals surface area contributed by atoms with E-state index in [-0.39, 0.29) is 41.5 Å². The van der Waals surface area contributed by atoms with E-state index in [0.717, 1.165) is 0 Å². The number of ether oxygens (including phenoxy) is 1. The van der Waals surface area contributed by atoms with E-state index in [1.807, 2.05) is 0 Å². The third kappa shape index (κ3) is 5.26. The first kappa shape index (κ1) is 24.1. The Bertz CT molecular complexity index is 1200. The molecule has 2 aromatic rings. The van der Waals surface area contributed by atoms with Gasteiger partial charge in [0.2, 0.25) is 0 Å². The van der Waals surface area contributed by atoms with E-state index in [0.29, 0.717) is 17.0 Å². The van der Waals surface area contributed by atoms with Crippen LogP contribution < -0.4 is 10.6 Å². The summed E-state index contributed by atoms with van der Waals surface area (Å²) in [6, 6.07) is 8.66. The van der Waals surface area contributed by atoms with Gasteiger partial charge in [0, 0.05) is 35.9 Å². The third-order valence-electron chi connectivity index (χ3n) is 5.17. The van der Waals surface area contributed by atoms with Crippen molar-refractivity contribution in [1.29, 1.82) is 0 Å². The lowest BCUT2D eigenvalue weighted by atomic mass is 9.80. The summed E-state index contributed by atoms with van der Waals surface area (Å²) < 4.78 is 5.31. The highest BCUT2D eigenvalue weighted by Gasteiger charge is 2.37. The molecule has 176 valence electrons. The Kier molecular flexibility index (Phi) is 7.36. The van der Waals surface area contributed by atoms with Crippen LogP contribution >= 0.6 is 0 Å². The van der Waals surface area contributed by atoms with E-state index in [2.05, 4.69) is 15.6 Å². The van der Waals surface area contributed by atoms with E-state index in [1.165, 1.54) is 36.7 Å². The van der Waals surface area contributed by atoms with Crippen molar-refractivity contribution in [3.63, 3.8) is 0 Å². The number of nitro benzene ring substituents is 1. The third-order valence-corrected chi connectivity index (χ3v) is 5.17. The fourth-order valence-electron chi connectivity index (χ4n) is 3.68. The molecule has 1 aromatic carbocycles. The molecular formula is C23H22N4O7. The molecule has 1 amide bonds. The number of allylic oxidation sites excluding steroid dienone is 2. The second-order valence-corrected chi connectivity index (χ2v) is 7.43. The first-order valence-electron chi connectivity index (χ1n) is 10.2. The lowest BCUT2D eigenvalue weighted by Crippen LogP contribution is -2.33. The highest BCUT2D eigenvalue weighted by molar-refractivity contribution is 5.99. The van der Waals surface area contributed by atoms with Crippen molar-refractivity contribution >= 4 is 23.5 Å². The summed E-state index contributed by atoms with van der Waals surface area (Å²) in [6.45, 7) is 2.98. The van der Waals surface area contributed by atoms with E-state index in [1.54, 1.807) is 26.0 Å². The Hall–Kier alpha value is -4.54. The smallest absolute Gasteiger partial charge is 0.336 e. The average Bonchev–Trinajstić information content (AvgIpc) is 2.81. The van der Waals surface area contributed by atoms with Crippen molar-refractivity contribution in [2.75, 3.05) is 13.2 Å². The maximum Gasteiger partial charge on any atom is 0.336 e. The van der Waals surface area contributed by atoms with Crippen LogP contribution in [0, 0.1) is 10.1 Å². The minimum absolute atomic E-state index is 0.0152. The molecule has 1 aliphatic rings. The molecule has 11 nitrogen and oxygen atoms in total. The maximum atomic E-state index is 13.0. The molecule has 11 heteroatoms. The van der Waals surface area contributed by atoms with Crippen LogP contribution in [0.15, 0.2) is 71.3 Å². The van der Waals surface area contributed by atoms with Crippen molar-refractivity contribution in [2.45, 2.75) is 19.8 Å². The molecule has 1 unspecified atom stereocenters. The average molecular weight is 466 g/mol. The molecule has 0 fully saturated rings. The highest BCUT2D eigenvalue weighted by Crippen LogP contribution is 2.39. The summed E-state index contributed by atoms with van der Waals surface area (Å²) in [5.41, 5.74) is 0.946. The number of pyridine rings is 1. The lowest BCUT2D eigenvalue weighted by molar-refractivity contribution is -0.384. The van der Waals surface area contributed by atoms with Crippen molar-refractivity contribution in [1.82, 2.24) is 15.6 Å². The number of rotatable bonds is 8. The first-order valence-corrected chi connectivity index (χ1v) is 10.2. The molecule has 0 bridgehead atoms. The van der Waals surface area contributed by atoms with E-state index in [4.69, 9.17) is 4.74 Å². The molecule has 3 N–H and O–H groups in total. The molecule has 0 radical (unpaired) electrons. The predicted octanol–water partition coefficient (Wildman–Crippen LogP) is 2.28. The normalized spacial score (nSPS) is 15.4. The van der Waals surface area contributed by atoms with Crippen LogP contribution in [-0.2, 0) is 14.3 Å². The minimum atomic E-state index is -1.27. The molecule has 1 aromatic heterocycles. The van der Waals surface area contributed by atoms with E-state index in [9.17, 15) is 29.6 Å². The van der Waals surface area contributed by atoms with Crippen LogP contribution in [0.5, 0.6) is 0 Å². The zero-order valence-corrected chi connectivity index (χ0v) is 18.4. The minimum Gasteiger partial charge on any atom is -0.478 e. The molecule has 0 aliphatic carbocycles.